The maximum Gasteiger partial charge on any atom is 0.200 e. The molecule has 0 atom stereocenters. The Morgan fingerprint density at radius 3 is 2.26 bits per heavy atom. The molecule has 3 rings (SSSR count). The van der Waals surface area contributed by atoms with E-state index in [1.54, 1.807) is 6.92 Å². The minimum Gasteiger partial charge on any atom is -0.507 e. The number of hydrogen-bond acceptors (Lipinski definition) is 4. The molecule has 0 saturated carbocycles. The third-order valence-electron chi connectivity index (χ3n) is 4.08. The normalized spacial score (nSPS) is 11.0. The first-order valence-corrected chi connectivity index (χ1v) is 7.67. The van der Waals surface area contributed by atoms with Crippen molar-refractivity contribution in [1.82, 2.24) is 0 Å². The van der Waals surface area contributed by atoms with Crippen LogP contribution in [-0.2, 0) is 12.8 Å². The third-order valence-corrected chi connectivity index (χ3v) is 4.08. The van der Waals surface area contributed by atoms with Crippen LogP contribution in [0, 0.1) is 0 Å². The Balaban J connectivity index is 2.44. The summed E-state index contributed by atoms with van der Waals surface area (Å²) >= 11 is 0. The van der Waals surface area contributed by atoms with Crippen molar-refractivity contribution >= 4 is 11.0 Å². The van der Waals surface area contributed by atoms with E-state index < -0.39 is 0 Å². The van der Waals surface area contributed by atoms with Gasteiger partial charge in [0.05, 0.1) is 0 Å². The second-order valence-corrected chi connectivity index (χ2v) is 5.41. The zero-order valence-electron chi connectivity index (χ0n) is 13.1. The average molecular weight is 310 g/mol. The molecule has 0 aliphatic rings. The van der Waals surface area contributed by atoms with Crippen LogP contribution in [0.2, 0.25) is 0 Å². The summed E-state index contributed by atoms with van der Waals surface area (Å²) in [6.45, 7) is 3.68. The molecule has 0 amide bonds. The highest BCUT2D eigenvalue weighted by Gasteiger charge is 2.20. The lowest BCUT2D eigenvalue weighted by Crippen LogP contribution is -2.11. The second kappa shape index (κ2) is 5.80. The first-order chi connectivity index (χ1) is 11.1. The molecule has 23 heavy (non-hydrogen) atoms. The molecule has 1 heterocycles. The van der Waals surface area contributed by atoms with E-state index >= 15 is 0 Å². The molecule has 118 valence electrons. The van der Waals surface area contributed by atoms with Gasteiger partial charge in [0.15, 0.2) is 5.43 Å². The Morgan fingerprint density at radius 2 is 1.65 bits per heavy atom. The van der Waals surface area contributed by atoms with Gasteiger partial charge in [0.2, 0.25) is 0 Å². The van der Waals surface area contributed by atoms with Crippen LogP contribution in [-0.4, -0.2) is 10.2 Å². The lowest BCUT2D eigenvalue weighted by molar-refractivity contribution is 0.441. The largest absolute Gasteiger partial charge is 0.507 e. The quantitative estimate of drug-likeness (QED) is 0.767. The van der Waals surface area contributed by atoms with Gasteiger partial charge < -0.3 is 14.6 Å². The van der Waals surface area contributed by atoms with Crippen molar-refractivity contribution in [3.05, 3.63) is 57.7 Å². The summed E-state index contributed by atoms with van der Waals surface area (Å²) in [6, 6.07) is 10.8. The van der Waals surface area contributed by atoms with Crippen LogP contribution in [0.4, 0.5) is 0 Å². The van der Waals surface area contributed by atoms with Crippen LogP contribution in [0.5, 0.6) is 11.5 Å². The van der Waals surface area contributed by atoms with E-state index in [0.29, 0.717) is 29.7 Å². The summed E-state index contributed by atoms with van der Waals surface area (Å²) < 4.78 is 5.89. The van der Waals surface area contributed by atoms with Crippen LogP contribution < -0.4 is 5.43 Å². The van der Waals surface area contributed by atoms with Crippen molar-refractivity contribution in [1.29, 1.82) is 0 Å². The first kappa shape index (κ1) is 15.2. The average Bonchev–Trinajstić information content (AvgIpc) is 2.55. The van der Waals surface area contributed by atoms with E-state index in [9.17, 15) is 15.0 Å². The number of hydrogen-bond donors (Lipinski definition) is 2. The van der Waals surface area contributed by atoms with Crippen molar-refractivity contribution in [3.63, 3.8) is 0 Å². The molecule has 0 aliphatic heterocycles. The first-order valence-electron chi connectivity index (χ1n) is 7.67. The van der Waals surface area contributed by atoms with Crippen LogP contribution in [0.25, 0.3) is 22.3 Å². The van der Waals surface area contributed by atoms with Crippen molar-refractivity contribution in [2.24, 2.45) is 0 Å². The number of phenolic OH excluding ortho intramolecular Hbond substituents is 2. The van der Waals surface area contributed by atoms with E-state index in [4.69, 9.17) is 4.42 Å². The molecule has 0 aliphatic carbocycles. The zero-order chi connectivity index (χ0) is 16.6. The second-order valence-electron chi connectivity index (χ2n) is 5.41. The molecule has 2 N–H and O–H groups in total. The Kier molecular flexibility index (Phi) is 3.82. The molecule has 0 saturated heterocycles. The highest BCUT2D eigenvalue weighted by molar-refractivity contribution is 5.89. The van der Waals surface area contributed by atoms with Crippen LogP contribution in [0.1, 0.15) is 25.0 Å². The smallest absolute Gasteiger partial charge is 0.200 e. The van der Waals surface area contributed by atoms with Gasteiger partial charge in [-0.1, -0.05) is 44.2 Å². The molecule has 4 nitrogen and oxygen atoms in total. The van der Waals surface area contributed by atoms with E-state index in [2.05, 4.69) is 0 Å². The molecule has 4 heteroatoms. The summed E-state index contributed by atoms with van der Waals surface area (Å²) in [5.74, 6) is 0.225. The molecule has 2 aromatic carbocycles. The molecule has 3 aromatic rings. The highest BCUT2D eigenvalue weighted by Crippen LogP contribution is 2.36. The number of fused-ring (bicyclic) bond motifs is 1. The fourth-order valence-electron chi connectivity index (χ4n) is 2.89. The van der Waals surface area contributed by atoms with Crippen molar-refractivity contribution in [2.45, 2.75) is 26.7 Å². The van der Waals surface area contributed by atoms with Gasteiger partial charge in [0.25, 0.3) is 0 Å². The minimum absolute atomic E-state index is 0.0658. The lowest BCUT2D eigenvalue weighted by Gasteiger charge is -2.12. The molecular formula is C19H18O4. The van der Waals surface area contributed by atoms with Gasteiger partial charge in [0, 0.05) is 22.8 Å². The summed E-state index contributed by atoms with van der Waals surface area (Å²) in [5, 5.41) is 20.6. The van der Waals surface area contributed by atoms with Crippen LogP contribution >= 0.6 is 0 Å². The van der Waals surface area contributed by atoms with Gasteiger partial charge in [-0.2, -0.15) is 0 Å². The minimum atomic E-state index is -0.250. The predicted octanol–water partition coefficient (Wildman–Crippen LogP) is 4.00. The van der Waals surface area contributed by atoms with Gasteiger partial charge in [-0.05, 0) is 12.8 Å². The van der Waals surface area contributed by atoms with Gasteiger partial charge >= 0.3 is 0 Å². The van der Waals surface area contributed by atoms with Crippen molar-refractivity contribution < 1.29 is 14.6 Å². The van der Waals surface area contributed by atoms with Gasteiger partial charge in [0.1, 0.15) is 28.2 Å². The number of phenols is 2. The van der Waals surface area contributed by atoms with E-state index in [0.717, 1.165) is 5.56 Å². The standard InChI is InChI=1S/C19H18O4/c1-3-12-14(20)10-15-16(17(12)21)18(22)13(4-2)19(23-15)11-8-6-5-7-9-11/h5-10,20-21H,3-4H2,1-2H3. The molecule has 0 bridgehead atoms. The van der Waals surface area contributed by atoms with Gasteiger partial charge in [-0.25, -0.2) is 0 Å². The van der Waals surface area contributed by atoms with E-state index in [1.807, 2.05) is 37.3 Å². The lowest BCUT2D eigenvalue weighted by atomic mass is 10.00. The van der Waals surface area contributed by atoms with Crippen LogP contribution in [0.3, 0.4) is 0 Å². The summed E-state index contributed by atoms with van der Waals surface area (Å²) in [4.78, 5) is 12.9. The van der Waals surface area contributed by atoms with Gasteiger partial charge in [-0.15, -0.1) is 0 Å². The van der Waals surface area contributed by atoms with Gasteiger partial charge in [-0.3, -0.25) is 4.79 Å². The maximum absolute atomic E-state index is 12.9. The monoisotopic (exact) mass is 310 g/mol. The van der Waals surface area contributed by atoms with Crippen molar-refractivity contribution in [3.8, 4) is 22.8 Å². The Hall–Kier alpha value is -2.75. The van der Waals surface area contributed by atoms with Crippen molar-refractivity contribution in [2.75, 3.05) is 0 Å². The Morgan fingerprint density at radius 1 is 1.00 bits per heavy atom. The molecule has 0 unspecified atom stereocenters. The zero-order valence-corrected chi connectivity index (χ0v) is 13.1. The third kappa shape index (κ3) is 2.36. The number of benzene rings is 2. The SMILES string of the molecule is CCc1c(O)cc2oc(-c3ccccc3)c(CC)c(=O)c2c1O. The Bertz CT molecular complexity index is 924. The fraction of sp³-hybridized carbons (Fsp3) is 0.211. The number of rotatable bonds is 3. The summed E-state index contributed by atoms with van der Waals surface area (Å²) in [5.41, 5.74) is 1.62. The highest BCUT2D eigenvalue weighted by atomic mass is 16.3. The van der Waals surface area contributed by atoms with E-state index in [-0.39, 0.29) is 27.9 Å². The molecule has 1 aromatic heterocycles. The maximum atomic E-state index is 12.9. The predicted molar refractivity (Wildman–Crippen MR) is 90.0 cm³/mol. The van der Waals surface area contributed by atoms with E-state index in [1.165, 1.54) is 6.07 Å². The van der Waals surface area contributed by atoms with Crippen LogP contribution in [0.15, 0.2) is 45.6 Å². The number of aromatic hydroxyl groups is 2. The molecule has 0 radical (unpaired) electrons. The summed E-state index contributed by atoms with van der Waals surface area (Å²) in [7, 11) is 0. The fourth-order valence-corrected chi connectivity index (χ4v) is 2.89. The topological polar surface area (TPSA) is 70.7 Å². The molecule has 0 spiro atoms. The molecule has 0 fully saturated rings. The molecular weight excluding hydrogens is 292 g/mol. The Labute approximate surface area is 133 Å². The summed E-state index contributed by atoms with van der Waals surface area (Å²) in [6.07, 6.45) is 0.916.